The molecule has 0 aromatic carbocycles. The van der Waals surface area contributed by atoms with Gasteiger partial charge in [-0.3, -0.25) is 0 Å². The quantitative estimate of drug-likeness (QED) is 0.249. The summed E-state index contributed by atoms with van der Waals surface area (Å²) in [6, 6.07) is 0. The van der Waals surface area contributed by atoms with Crippen molar-refractivity contribution in [2.75, 3.05) is 13.2 Å². The second-order valence-corrected chi connectivity index (χ2v) is 5.59. The third-order valence-electron chi connectivity index (χ3n) is 4.18. The largest absolute Gasteiger partial charge is 0.394 e. The third-order valence-corrected chi connectivity index (χ3v) is 4.18. The van der Waals surface area contributed by atoms with Crippen molar-refractivity contribution in [3.05, 3.63) is 0 Å². The topological polar surface area (TPSA) is 180 Å². The highest BCUT2D eigenvalue weighted by atomic mass is 16.6. The van der Waals surface area contributed by atoms with Crippen LogP contribution < -0.4 is 0 Å². The first-order chi connectivity index (χ1) is 10.3. The van der Waals surface area contributed by atoms with Crippen LogP contribution in [0.1, 0.15) is 0 Å². The Hall–Kier alpha value is -0.400. The molecule has 0 spiro atoms. The van der Waals surface area contributed by atoms with Gasteiger partial charge in [-0.05, 0) is 0 Å². The normalized spacial score (nSPS) is 53.5. The predicted octanol–water partition coefficient (Wildman–Crippen LogP) is -5.33. The molecule has 0 amide bonds. The lowest BCUT2D eigenvalue weighted by Crippen LogP contribution is -2.68. The lowest BCUT2D eigenvalue weighted by atomic mass is 9.86. The van der Waals surface area contributed by atoms with Crippen molar-refractivity contribution in [2.24, 2.45) is 0 Å². The number of aliphatic hydroxyl groups excluding tert-OH is 8. The highest BCUT2D eigenvalue weighted by molar-refractivity contribution is 5.02. The Kier molecular flexibility index (Phi) is 5.72. The molecule has 2 fully saturated rings. The van der Waals surface area contributed by atoms with E-state index >= 15 is 0 Å². The molecule has 8 N–H and O–H groups in total. The van der Waals surface area contributed by atoms with Crippen LogP contribution in [-0.2, 0) is 9.47 Å². The third kappa shape index (κ3) is 2.99. The van der Waals surface area contributed by atoms with Crippen LogP contribution in [0.2, 0.25) is 0 Å². The van der Waals surface area contributed by atoms with Gasteiger partial charge in [-0.25, -0.2) is 0 Å². The van der Waals surface area contributed by atoms with Gasteiger partial charge in [0.05, 0.1) is 13.2 Å². The van der Waals surface area contributed by atoms with Gasteiger partial charge in [0.1, 0.15) is 61.0 Å². The Balaban J connectivity index is 2.21. The van der Waals surface area contributed by atoms with E-state index in [1.54, 1.807) is 0 Å². The van der Waals surface area contributed by atoms with Gasteiger partial charge in [0.2, 0.25) is 0 Å². The number of hydrogen-bond acceptors (Lipinski definition) is 10. The Morgan fingerprint density at radius 1 is 0.500 bits per heavy atom. The minimum absolute atomic E-state index is 0.654. The lowest BCUT2D eigenvalue weighted by Gasteiger charge is -2.48. The Labute approximate surface area is 125 Å². The summed E-state index contributed by atoms with van der Waals surface area (Å²) in [5.41, 5.74) is 0. The van der Waals surface area contributed by atoms with Gasteiger partial charge in [0.25, 0.3) is 0 Å². The first-order valence-corrected chi connectivity index (χ1v) is 6.94. The second-order valence-electron chi connectivity index (χ2n) is 5.59. The van der Waals surface area contributed by atoms with E-state index in [1.807, 2.05) is 0 Å². The predicted molar refractivity (Wildman–Crippen MR) is 67.5 cm³/mol. The molecule has 130 valence electrons. The van der Waals surface area contributed by atoms with Crippen molar-refractivity contribution < 1.29 is 50.3 Å². The molecule has 2 unspecified atom stereocenters. The molecule has 22 heavy (non-hydrogen) atoms. The van der Waals surface area contributed by atoms with Crippen LogP contribution in [0.15, 0.2) is 0 Å². The summed E-state index contributed by atoms with van der Waals surface area (Å²) in [7, 11) is 0. The molecule has 10 heteroatoms. The van der Waals surface area contributed by atoms with Crippen molar-refractivity contribution in [3.63, 3.8) is 0 Å². The maximum absolute atomic E-state index is 9.99. The average molecular weight is 326 g/mol. The molecule has 0 bridgehead atoms. The number of ether oxygens (including phenoxy) is 2. The van der Waals surface area contributed by atoms with E-state index in [0.29, 0.717) is 0 Å². The van der Waals surface area contributed by atoms with Gasteiger partial charge in [0, 0.05) is 0 Å². The summed E-state index contributed by atoms with van der Waals surface area (Å²) in [6.07, 6.45) is -15.0. The van der Waals surface area contributed by atoms with Crippen LogP contribution in [-0.4, -0.2) is 115 Å². The van der Waals surface area contributed by atoms with Gasteiger partial charge in [-0.2, -0.15) is 0 Å². The van der Waals surface area contributed by atoms with Crippen LogP contribution in [0.25, 0.3) is 0 Å². The monoisotopic (exact) mass is 326 g/mol. The van der Waals surface area contributed by atoms with E-state index < -0.39 is 74.3 Å². The van der Waals surface area contributed by atoms with E-state index in [4.69, 9.17) is 19.7 Å². The van der Waals surface area contributed by atoms with E-state index in [1.165, 1.54) is 0 Å². The SMILES string of the molecule is OC[C@H]1OC(C2O[C@H](CO)[C@@H](O)[C@H](O)[C@H]2O)[C@@H](O)[C@@H](O)[C@@H]1O. The number of rotatable bonds is 3. The molecule has 2 saturated heterocycles. The second kappa shape index (κ2) is 7.01. The molecular formula is C12H22O10. The standard InChI is InChI=1S/C12H22O10/c13-1-3-5(15)7(17)9(19)11(21-3)12-10(20)8(18)6(16)4(2-14)22-12/h3-20H,1-2H2/t3-,4-,5-,6-,7+,8+,9-,10+,11?,12?/m1/s1. The maximum atomic E-state index is 9.99. The van der Waals surface area contributed by atoms with Crippen LogP contribution >= 0.6 is 0 Å². The van der Waals surface area contributed by atoms with Crippen LogP contribution in [0.3, 0.4) is 0 Å². The zero-order valence-electron chi connectivity index (χ0n) is 11.6. The van der Waals surface area contributed by atoms with E-state index in [2.05, 4.69) is 0 Å². The Bertz CT molecular complexity index is 330. The number of aliphatic hydroxyl groups is 8. The van der Waals surface area contributed by atoms with Crippen LogP contribution in [0.5, 0.6) is 0 Å². The fraction of sp³-hybridized carbons (Fsp3) is 1.00. The maximum Gasteiger partial charge on any atom is 0.115 e. The van der Waals surface area contributed by atoms with Gasteiger partial charge in [-0.1, -0.05) is 0 Å². The number of hydrogen-bond donors (Lipinski definition) is 8. The first kappa shape index (κ1) is 17.9. The fourth-order valence-corrected chi connectivity index (χ4v) is 2.80. The van der Waals surface area contributed by atoms with Crippen molar-refractivity contribution in [1.29, 1.82) is 0 Å². The highest BCUT2D eigenvalue weighted by Gasteiger charge is 2.53. The summed E-state index contributed by atoms with van der Waals surface area (Å²) in [5, 5.41) is 77.1. The highest BCUT2D eigenvalue weighted by Crippen LogP contribution is 2.31. The summed E-state index contributed by atoms with van der Waals surface area (Å²) in [5.74, 6) is 0. The molecule has 10 nitrogen and oxygen atoms in total. The molecule has 0 radical (unpaired) electrons. The molecule has 2 rings (SSSR count). The molecule has 0 aliphatic carbocycles. The fourth-order valence-electron chi connectivity index (χ4n) is 2.80. The molecule has 2 heterocycles. The molecule has 0 saturated carbocycles. The van der Waals surface area contributed by atoms with Crippen molar-refractivity contribution in [3.8, 4) is 0 Å². The van der Waals surface area contributed by atoms with Gasteiger partial charge in [0.15, 0.2) is 0 Å². The molecule has 0 aromatic rings. The summed E-state index contributed by atoms with van der Waals surface area (Å²) < 4.78 is 10.5. The minimum Gasteiger partial charge on any atom is -0.394 e. The molecular weight excluding hydrogens is 304 g/mol. The van der Waals surface area contributed by atoms with Crippen molar-refractivity contribution in [2.45, 2.75) is 61.0 Å². The smallest absolute Gasteiger partial charge is 0.115 e. The Morgan fingerprint density at radius 2 is 0.818 bits per heavy atom. The minimum atomic E-state index is -1.67. The summed E-state index contributed by atoms with van der Waals surface area (Å²) in [4.78, 5) is 0. The molecule has 2 aliphatic rings. The lowest BCUT2D eigenvalue weighted by molar-refractivity contribution is -0.302. The van der Waals surface area contributed by atoms with Gasteiger partial charge >= 0.3 is 0 Å². The van der Waals surface area contributed by atoms with Gasteiger partial charge < -0.3 is 50.3 Å². The average Bonchev–Trinajstić information content (AvgIpc) is 2.52. The summed E-state index contributed by atoms with van der Waals surface area (Å²) in [6.45, 7) is -1.31. The molecule has 2 aliphatic heterocycles. The zero-order valence-corrected chi connectivity index (χ0v) is 11.6. The molecule has 0 aromatic heterocycles. The van der Waals surface area contributed by atoms with Crippen LogP contribution in [0, 0.1) is 0 Å². The summed E-state index contributed by atoms with van der Waals surface area (Å²) >= 11 is 0. The van der Waals surface area contributed by atoms with E-state index in [0.717, 1.165) is 0 Å². The van der Waals surface area contributed by atoms with Crippen molar-refractivity contribution >= 4 is 0 Å². The zero-order chi connectivity index (χ0) is 16.6. The van der Waals surface area contributed by atoms with E-state index in [9.17, 15) is 30.6 Å². The van der Waals surface area contributed by atoms with Crippen LogP contribution in [0.4, 0.5) is 0 Å². The first-order valence-electron chi connectivity index (χ1n) is 6.94. The van der Waals surface area contributed by atoms with E-state index in [-0.39, 0.29) is 0 Å². The van der Waals surface area contributed by atoms with Crippen molar-refractivity contribution in [1.82, 2.24) is 0 Å². The Morgan fingerprint density at radius 3 is 1.09 bits per heavy atom. The molecule has 10 atom stereocenters. The van der Waals surface area contributed by atoms with Gasteiger partial charge in [-0.15, -0.1) is 0 Å².